The maximum atomic E-state index is 12.2. The van der Waals surface area contributed by atoms with Crippen molar-refractivity contribution in [1.29, 1.82) is 0 Å². The van der Waals surface area contributed by atoms with Gasteiger partial charge in [0.25, 0.3) is 0 Å². The fourth-order valence-corrected chi connectivity index (χ4v) is 3.63. The van der Waals surface area contributed by atoms with Crippen molar-refractivity contribution in [2.45, 2.75) is 45.6 Å². The maximum Gasteiger partial charge on any atom is 0.220 e. The minimum atomic E-state index is 0.0400. The highest BCUT2D eigenvalue weighted by Gasteiger charge is 2.21. The normalized spacial score (nSPS) is 19.0. The van der Waals surface area contributed by atoms with Crippen LogP contribution in [-0.2, 0) is 11.2 Å². The van der Waals surface area contributed by atoms with Crippen LogP contribution in [-0.4, -0.2) is 41.5 Å². The van der Waals surface area contributed by atoms with Crippen molar-refractivity contribution in [3.05, 3.63) is 41.4 Å². The van der Waals surface area contributed by atoms with E-state index in [2.05, 4.69) is 29.0 Å². The number of carbonyl (C=O) groups excluding carboxylic acids is 1. The fourth-order valence-electron chi connectivity index (χ4n) is 3.50. The van der Waals surface area contributed by atoms with Crippen molar-refractivity contribution in [3.8, 4) is 11.3 Å². The topological polar surface area (TPSA) is 58.4 Å². The summed E-state index contributed by atoms with van der Waals surface area (Å²) in [5.74, 6) is 2.05. The molecular weight excluding hydrogens is 362 g/mol. The van der Waals surface area contributed by atoms with Gasteiger partial charge in [0.15, 0.2) is 11.7 Å². The van der Waals surface area contributed by atoms with Gasteiger partial charge in [0.1, 0.15) is 0 Å². The fraction of sp³-hybridized carbons (Fsp3) is 0.524. The lowest BCUT2D eigenvalue weighted by Crippen LogP contribution is -2.46. The molecule has 2 unspecified atom stereocenters. The van der Waals surface area contributed by atoms with E-state index >= 15 is 0 Å². The van der Waals surface area contributed by atoms with Crippen molar-refractivity contribution in [3.63, 3.8) is 0 Å². The van der Waals surface area contributed by atoms with Crippen LogP contribution in [0.1, 0.15) is 39.0 Å². The zero-order valence-corrected chi connectivity index (χ0v) is 16.8. The maximum absolute atomic E-state index is 12.2. The second kappa shape index (κ2) is 9.38. The molecule has 6 heteroatoms. The van der Waals surface area contributed by atoms with Crippen LogP contribution >= 0.6 is 11.6 Å². The number of halogens is 1. The van der Waals surface area contributed by atoms with Crippen LogP contribution in [0.4, 0.5) is 0 Å². The lowest BCUT2D eigenvalue weighted by atomic mass is 9.99. The molecule has 1 aromatic heterocycles. The van der Waals surface area contributed by atoms with Gasteiger partial charge in [-0.3, -0.25) is 9.69 Å². The van der Waals surface area contributed by atoms with Gasteiger partial charge in [-0.15, -0.1) is 0 Å². The SMILES string of the molecule is CC1CCCN(C(C)CNC(=O)CCc2ncc(-c3ccc(Cl)cc3)o2)C1. The van der Waals surface area contributed by atoms with Crippen LogP contribution in [0.2, 0.25) is 5.02 Å². The third-order valence-corrected chi connectivity index (χ3v) is 5.41. The van der Waals surface area contributed by atoms with Gasteiger partial charge in [-0.1, -0.05) is 18.5 Å². The highest BCUT2D eigenvalue weighted by molar-refractivity contribution is 6.30. The predicted octanol–water partition coefficient (Wildman–Crippen LogP) is 4.16. The van der Waals surface area contributed by atoms with Crippen molar-refractivity contribution >= 4 is 17.5 Å². The van der Waals surface area contributed by atoms with E-state index in [-0.39, 0.29) is 5.91 Å². The molecule has 146 valence electrons. The smallest absolute Gasteiger partial charge is 0.220 e. The second-order valence-electron chi connectivity index (χ2n) is 7.52. The number of aromatic nitrogens is 1. The summed E-state index contributed by atoms with van der Waals surface area (Å²) in [6.45, 7) is 7.43. The summed E-state index contributed by atoms with van der Waals surface area (Å²) in [6.07, 6.45) is 5.12. The molecule has 1 N–H and O–H groups in total. The van der Waals surface area contributed by atoms with Crippen molar-refractivity contribution in [1.82, 2.24) is 15.2 Å². The van der Waals surface area contributed by atoms with Gasteiger partial charge in [-0.2, -0.15) is 0 Å². The van der Waals surface area contributed by atoms with Crippen molar-refractivity contribution in [2.75, 3.05) is 19.6 Å². The number of nitrogens with one attached hydrogen (secondary N) is 1. The Morgan fingerprint density at radius 3 is 2.93 bits per heavy atom. The quantitative estimate of drug-likeness (QED) is 0.772. The van der Waals surface area contributed by atoms with E-state index in [9.17, 15) is 4.79 Å². The summed E-state index contributed by atoms with van der Waals surface area (Å²) in [5, 5.41) is 3.73. The Hall–Kier alpha value is -1.85. The first-order valence-electron chi connectivity index (χ1n) is 9.72. The standard InChI is InChI=1S/C21H28ClN3O2/c1-15-4-3-11-25(14-15)16(2)12-23-20(26)9-10-21-24-13-19(27-21)17-5-7-18(22)8-6-17/h5-8,13,15-16H,3-4,9-12,14H2,1-2H3,(H,23,26). The summed E-state index contributed by atoms with van der Waals surface area (Å²) in [4.78, 5) is 18.9. The van der Waals surface area contributed by atoms with E-state index in [1.54, 1.807) is 6.20 Å². The average molecular weight is 390 g/mol. The van der Waals surface area contributed by atoms with E-state index in [0.29, 0.717) is 42.1 Å². The Labute approximate surface area is 166 Å². The molecule has 3 rings (SSSR count). The Balaban J connectivity index is 1.42. The van der Waals surface area contributed by atoms with E-state index in [1.165, 1.54) is 12.8 Å². The molecule has 27 heavy (non-hydrogen) atoms. The summed E-state index contributed by atoms with van der Waals surface area (Å²) in [6, 6.07) is 7.78. The number of oxazole rings is 1. The third kappa shape index (κ3) is 5.81. The molecule has 1 saturated heterocycles. The summed E-state index contributed by atoms with van der Waals surface area (Å²) in [7, 11) is 0. The monoisotopic (exact) mass is 389 g/mol. The molecular formula is C21H28ClN3O2. The molecule has 2 atom stereocenters. The van der Waals surface area contributed by atoms with Crippen LogP contribution in [0, 0.1) is 5.92 Å². The van der Waals surface area contributed by atoms with Crippen LogP contribution in [0.5, 0.6) is 0 Å². The predicted molar refractivity (Wildman–Crippen MR) is 108 cm³/mol. The van der Waals surface area contributed by atoms with Crippen LogP contribution in [0.3, 0.4) is 0 Å². The number of rotatable bonds is 7. The molecule has 0 radical (unpaired) electrons. The van der Waals surface area contributed by atoms with Gasteiger partial charge in [0, 0.05) is 42.6 Å². The molecule has 1 aliphatic rings. The molecule has 5 nitrogen and oxygen atoms in total. The summed E-state index contributed by atoms with van der Waals surface area (Å²) >= 11 is 5.90. The number of piperidine rings is 1. The number of amides is 1. The number of hydrogen-bond acceptors (Lipinski definition) is 4. The first-order chi connectivity index (χ1) is 13.0. The van der Waals surface area contributed by atoms with Gasteiger partial charge in [0.05, 0.1) is 6.20 Å². The van der Waals surface area contributed by atoms with E-state index in [1.807, 2.05) is 24.3 Å². The van der Waals surface area contributed by atoms with E-state index in [4.69, 9.17) is 16.0 Å². The number of likely N-dealkylation sites (tertiary alicyclic amines) is 1. The van der Waals surface area contributed by atoms with Gasteiger partial charge in [-0.05, 0) is 56.5 Å². The molecule has 0 aliphatic carbocycles. The first-order valence-corrected chi connectivity index (χ1v) is 10.1. The van der Waals surface area contributed by atoms with Gasteiger partial charge in [0.2, 0.25) is 5.91 Å². The largest absolute Gasteiger partial charge is 0.441 e. The molecule has 2 aromatic rings. The molecule has 1 amide bonds. The summed E-state index contributed by atoms with van der Waals surface area (Å²) in [5.41, 5.74) is 0.923. The van der Waals surface area contributed by atoms with Crippen LogP contribution < -0.4 is 5.32 Å². The Morgan fingerprint density at radius 1 is 1.41 bits per heavy atom. The molecule has 0 saturated carbocycles. The average Bonchev–Trinajstić information content (AvgIpc) is 3.14. The molecule has 2 heterocycles. The number of benzene rings is 1. The Kier molecular flexibility index (Phi) is 6.91. The Bertz CT molecular complexity index is 744. The van der Waals surface area contributed by atoms with Gasteiger partial charge < -0.3 is 9.73 Å². The van der Waals surface area contributed by atoms with Gasteiger partial charge >= 0.3 is 0 Å². The van der Waals surface area contributed by atoms with Crippen molar-refractivity contribution < 1.29 is 9.21 Å². The van der Waals surface area contributed by atoms with Gasteiger partial charge in [-0.25, -0.2) is 4.98 Å². The highest BCUT2D eigenvalue weighted by atomic mass is 35.5. The zero-order valence-electron chi connectivity index (χ0n) is 16.1. The second-order valence-corrected chi connectivity index (χ2v) is 7.96. The molecule has 1 aliphatic heterocycles. The number of hydrogen-bond donors (Lipinski definition) is 1. The molecule has 0 bridgehead atoms. The number of aryl methyl sites for hydroxylation is 1. The van der Waals surface area contributed by atoms with Crippen LogP contribution in [0.25, 0.3) is 11.3 Å². The molecule has 1 aromatic carbocycles. The van der Waals surface area contributed by atoms with Crippen LogP contribution in [0.15, 0.2) is 34.9 Å². The number of carbonyl (C=O) groups is 1. The van der Waals surface area contributed by atoms with E-state index in [0.717, 1.165) is 24.6 Å². The lowest BCUT2D eigenvalue weighted by molar-refractivity contribution is -0.121. The molecule has 1 fully saturated rings. The Morgan fingerprint density at radius 2 is 2.19 bits per heavy atom. The van der Waals surface area contributed by atoms with E-state index < -0.39 is 0 Å². The summed E-state index contributed by atoms with van der Waals surface area (Å²) < 4.78 is 5.75. The van der Waals surface area contributed by atoms with Crippen molar-refractivity contribution in [2.24, 2.45) is 5.92 Å². The number of nitrogens with zero attached hydrogens (tertiary/aromatic N) is 2. The zero-order chi connectivity index (χ0) is 19.2. The highest BCUT2D eigenvalue weighted by Crippen LogP contribution is 2.22. The minimum Gasteiger partial charge on any atom is -0.441 e. The minimum absolute atomic E-state index is 0.0400. The molecule has 0 spiro atoms. The lowest BCUT2D eigenvalue weighted by Gasteiger charge is -2.35. The first kappa shape index (κ1) is 19.9. The third-order valence-electron chi connectivity index (χ3n) is 5.15.